The molecule has 2 aromatic heterocycles. The zero-order valence-electron chi connectivity index (χ0n) is 43.4. The van der Waals surface area contributed by atoms with E-state index >= 15 is 0 Å². The first-order chi connectivity index (χ1) is 38.2. The van der Waals surface area contributed by atoms with E-state index in [4.69, 9.17) is 30.0 Å². The molecule has 392 valence electrons. The maximum atomic E-state index is 11.9. The lowest BCUT2D eigenvalue weighted by Gasteiger charge is -2.25. The molecule has 0 radical (unpaired) electrons. The average Bonchev–Trinajstić information content (AvgIpc) is 3.65. The lowest BCUT2D eigenvalue weighted by Crippen LogP contribution is -2.27. The van der Waals surface area contributed by atoms with Crippen molar-refractivity contribution >= 4 is 57.3 Å². The molecule has 2 atom stereocenters. The van der Waals surface area contributed by atoms with E-state index in [1.165, 1.54) is 0 Å². The third-order valence-electron chi connectivity index (χ3n) is 13.5. The van der Waals surface area contributed by atoms with Crippen molar-refractivity contribution < 1.29 is 30.6 Å². The summed E-state index contributed by atoms with van der Waals surface area (Å²) in [6.45, 7) is 4.17. The largest absolute Gasteiger partial charge is 0.507 e. The number of aromatic nitrogens is 2. The van der Waals surface area contributed by atoms with Gasteiger partial charge in [0.2, 0.25) is 0 Å². The number of aliphatic imine (C=N–C) groups is 6. The highest BCUT2D eigenvalue weighted by atomic mass is 16.3. The number of hydrogen-bond acceptors (Lipinski definition) is 12. The van der Waals surface area contributed by atoms with Crippen molar-refractivity contribution in [3.8, 4) is 23.0 Å². The van der Waals surface area contributed by atoms with E-state index in [1.54, 1.807) is 24.5 Å². The SMILES string of the molecule is CCC(CCCO)c1cc(O)c2c(c1O)C(=Nc1ccccc1)C(=Nc1ccccc1)N=C2c1ccccn1.CCC(CCCO)c1cc(O)c2c(c1O)C(c1ccccn1)=NC(=Nc1ccccc1)C2=Nc1ccccc1. The van der Waals surface area contributed by atoms with Crippen LogP contribution in [0, 0.1) is 0 Å². The molecule has 6 N–H and O–H groups in total. The van der Waals surface area contributed by atoms with Crippen molar-refractivity contribution in [1.29, 1.82) is 0 Å². The Balaban J connectivity index is 0.000000190. The summed E-state index contributed by atoms with van der Waals surface area (Å²) >= 11 is 0. The number of aromatic hydroxyl groups is 4. The van der Waals surface area contributed by atoms with E-state index in [-0.39, 0.29) is 48.0 Å². The fourth-order valence-electron chi connectivity index (χ4n) is 9.66. The molecule has 2 aliphatic heterocycles. The number of aliphatic hydroxyl groups is 2. The summed E-state index contributed by atoms with van der Waals surface area (Å²) in [5.74, 6) is 0.456. The van der Waals surface area contributed by atoms with Gasteiger partial charge in [0.25, 0.3) is 0 Å². The quantitative estimate of drug-likeness (QED) is 0.0510. The second-order valence-electron chi connectivity index (χ2n) is 18.6. The number of nitrogens with zero attached hydrogens (tertiary/aromatic N) is 8. The van der Waals surface area contributed by atoms with Gasteiger partial charge in [-0.3, -0.25) is 9.97 Å². The molecule has 0 saturated carbocycles. The van der Waals surface area contributed by atoms with Gasteiger partial charge in [-0.1, -0.05) is 98.8 Å². The van der Waals surface area contributed by atoms with Crippen LogP contribution in [0.5, 0.6) is 23.0 Å². The van der Waals surface area contributed by atoms with Crippen LogP contribution >= 0.6 is 0 Å². The highest BCUT2D eigenvalue weighted by molar-refractivity contribution is 6.55. The summed E-state index contributed by atoms with van der Waals surface area (Å²) < 4.78 is 0. The van der Waals surface area contributed by atoms with Gasteiger partial charge in [-0.05, 0) is 135 Å². The molecule has 2 unspecified atom stereocenters. The molecule has 0 amide bonds. The van der Waals surface area contributed by atoms with Crippen LogP contribution < -0.4 is 0 Å². The predicted molar refractivity (Wildman–Crippen MR) is 310 cm³/mol. The summed E-state index contributed by atoms with van der Waals surface area (Å²) in [6, 6.07) is 51.8. The number of phenols is 4. The zero-order chi connectivity index (χ0) is 54.4. The van der Waals surface area contributed by atoms with E-state index in [0.29, 0.717) is 128 Å². The normalized spacial score (nSPS) is 15.7. The van der Waals surface area contributed by atoms with Crippen LogP contribution in [0.4, 0.5) is 22.7 Å². The Bertz CT molecular complexity index is 3540. The second-order valence-corrected chi connectivity index (χ2v) is 18.6. The first-order valence-electron chi connectivity index (χ1n) is 26.2. The Labute approximate surface area is 453 Å². The van der Waals surface area contributed by atoms with Crippen molar-refractivity contribution in [2.45, 2.75) is 64.2 Å². The number of phenolic OH excluding ortho intramolecular Hbond substituents is 4. The van der Waals surface area contributed by atoms with Crippen LogP contribution in [0.3, 0.4) is 0 Å². The van der Waals surface area contributed by atoms with Crippen LogP contribution in [0.15, 0.2) is 212 Å². The molecule has 14 heteroatoms. The van der Waals surface area contributed by atoms with Gasteiger partial charge >= 0.3 is 0 Å². The molecule has 6 aromatic carbocycles. The number of fused-ring (bicyclic) bond motifs is 2. The zero-order valence-corrected chi connectivity index (χ0v) is 43.4. The third-order valence-corrected chi connectivity index (χ3v) is 13.5. The fraction of sp³-hybridized carbons (Fsp3) is 0.188. The van der Waals surface area contributed by atoms with Crippen molar-refractivity contribution in [2.24, 2.45) is 30.0 Å². The standard InChI is InChI=1S/2C32H30N4O3/c1-2-21(12-11-19-37)24-20-26(38)27-28(31(24)39)29(25-17-9-10-18-33-25)36-32(35-23-15-7-4-8-16-23)30(27)34-22-13-5-3-6-14-22;1-2-21(12-11-19-37)24-20-26(38)27-28(31(24)39)30(34-22-13-5-3-6-14-22)32(35-23-15-7-4-8-16-23)36-29(27)25-17-9-10-18-33-25/h2*3-10,13-18,20-21,37-39H,2,11-12,19H2,1H3. The van der Waals surface area contributed by atoms with Crippen molar-refractivity contribution in [3.63, 3.8) is 0 Å². The van der Waals surface area contributed by atoms with Crippen LogP contribution in [0.2, 0.25) is 0 Å². The fourth-order valence-corrected chi connectivity index (χ4v) is 9.66. The molecule has 0 saturated heterocycles. The molecule has 10 rings (SSSR count). The number of aliphatic hydroxyl groups excluding tert-OH is 2. The number of benzene rings is 6. The molecule has 0 spiro atoms. The summed E-state index contributed by atoms with van der Waals surface area (Å²) in [4.78, 5) is 38.2. The minimum atomic E-state index is -0.0713. The summed E-state index contributed by atoms with van der Waals surface area (Å²) in [5, 5.41) is 65.5. The Kier molecular flexibility index (Phi) is 17.5. The molecule has 78 heavy (non-hydrogen) atoms. The lowest BCUT2D eigenvalue weighted by molar-refractivity contribution is 0.278. The highest BCUT2D eigenvalue weighted by Gasteiger charge is 2.36. The number of pyridine rings is 2. The maximum absolute atomic E-state index is 11.9. The minimum absolute atomic E-state index is 0.0198. The van der Waals surface area contributed by atoms with Crippen molar-refractivity contribution in [1.82, 2.24) is 9.97 Å². The second kappa shape index (κ2) is 25.5. The number of hydrogen-bond donors (Lipinski definition) is 6. The van der Waals surface area contributed by atoms with Gasteiger partial charge in [0, 0.05) is 36.7 Å². The molecule has 0 aliphatic carbocycles. The van der Waals surface area contributed by atoms with Crippen LogP contribution in [0.1, 0.15) is 109 Å². The monoisotopic (exact) mass is 1040 g/mol. The van der Waals surface area contributed by atoms with Crippen LogP contribution in [-0.4, -0.2) is 88.3 Å². The molecular formula is C64H60N8O6. The first kappa shape index (κ1) is 53.6. The number of rotatable bonds is 16. The van der Waals surface area contributed by atoms with E-state index < -0.39 is 0 Å². The van der Waals surface area contributed by atoms with Gasteiger partial charge in [0.15, 0.2) is 11.7 Å². The van der Waals surface area contributed by atoms with E-state index in [2.05, 4.69) is 9.97 Å². The van der Waals surface area contributed by atoms with E-state index in [9.17, 15) is 30.6 Å². The van der Waals surface area contributed by atoms with E-state index in [1.807, 2.05) is 172 Å². The van der Waals surface area contributed by atoms with Gasteiger partial charge in [-0.15, -0.1) is 0 Å². The maximum Gasteiger partial charge on any atom is 0.180 e. The minimum Gasteiger partial charge on any atom is -0.507 e. The van der Waals surface area contributed by atoms with Gasteiger partial charge in [-0.25, -0.2) is 30.0 Å². The van der Waals surface area contributed by atoms with Crippen LogP contribution in [0.25, 0.3) is 0 Å². The molecule has 14 nitrogen and oxygen atoms in total. The van der Waals surface area contributed by atoms with Gasteiger partial charge in [0.05, 0.1) is 56.4 Å². The summed E-state index contributed by atoms with van der Waals surface area (Å²) in [7, 11) is 0. The molecule has 4 heterocycles. The van der Waals surface area contributed by atoms with E-state index in [0.717, 1.165) is 12.8 Å². The Morgan fingerprint density at radius 1 is 0.410 bits per heavy atom. The summed E-state index contributed by atoms with van der Waals surface area (Å²) in [5.41, 5.74) is 7.89. The van der Waals surface area contributed by atoms with Crippen molar-refractivity contribution in [3.05, 3.63) is 227 Å². The molecule has 8 aromatic rings. The third kappa shape index (κ3) is 12.1. The Hall–Kier alpha value is -9.24. The average molecular weight is 1040 g/mol. The Morgan fingerprint density at radius 3 is 1.15 bits per heavy atom. The molecular weight excluding hydrogens is 977 g/mol. The highest BCUT2D eigenvalue weighted by Crippen LogP contribution is 2.45. The summed E-state index contributed by atoms with van der Waals surface area (Å²) in [6.07, 6.45) is 7.28. The number of para-hydroxylation sites is 4. The van der Waals surface area contributed by atoms with Gasteiger partial charge in [-0.2, -0.15) is 0 Å². The van der Waals surface area contributed by atoms with Crippen LogP contribution in [-0.2, 0) is 0 Å². The first-order valence-corrected chi connectivity index (χ1v) is 26.2. The van der Waals surface area contributed by atoms with Crippen molar-refractivity contribution in [2.75, 3.05) is 13.2 Å². The molecule has 0 bridgehead atoms. The Morgan fingerprint density at radius 2 is 0.769 bits per heavy atom. The number of amidine groups is 2. The topological polar surface area (TPSA) is 221 Å². The van der Waals surface area contributed by atoms with Gasteiger partial charge in [0.1, 0.15) is 45.8 Å². The van der Waals surface area contributed by atoms with Gasteiger partial charge < -0.3 is 30.6 Å². The molecule has 2 aliphatic rings. The molecule has 0 fully saturated rings. The lowest BCUT2D eigenvalue weighted by atomic mass is 9.84. The smallest absolute Gasteiger partial charge is 0.180 e. The predicted octanol–water partition coefficient (Wildman–Crippen LogP) is 12.9.